The fraction of sp³-hybridized carbons (Fsp3) is 0.500. The van der Waals surface area contributed by atoms with E-state index in [0.29, 0.717) is 5.56 Å². The van der Waals surface area contributed by atoms with E-state index in [1.807, 2.05) is 0 Å². The SMILES string of the molecule is O=C(C[C@@H]1OC(CO)[C@@H](O)[C@H](O)C1O)c1ccccc1. The normalized spacial score (nSPS) is 33.9. The molecule has 1 aliphatic rings. The summed E-state index contributed by atoms with van der Waals surface area (Å²) in [7, 11) is 0. The molecule has 4 N–H and O–H groups in total. The number of hydrogen-bond donors (Lipinski definition) is 4. The third kappa shape index (κ3) is 3.05. The molecule has 6 nitrogen and oxygen atoms in total. The summed E-state index contributed by atoms with van der Waals surface area (Å²) in [6.45, 7) is -0.499. The second-order valence-electron chi connectivity index (χ2n) is 4.86. The molecule has 0 radical (unpaired) electrons. The first kappa shape index (κ1) is 15.1. The Bertz CT molecular complexity index is 446. The number of ether oxygens (including phenoxy) is 1. The predicted octanol–water partition coefficient (Wildman–Crippen LogP) is -0.898. The number of carbonyl (C=O) groups is 1. The molecule has 0 amide bonds. The van der Waals surface area contributed by atoms with Gasteiger partial charge in [-0.2, -0.15) is 0 Å². The molecule has 0 saturated carbocycles. The molecule has 1 fully saturated rings. The lowest BCUT2D eigenvalue weighted by Gasteiger charge is -2.39. The van der Waals surface area contributed by atoms with Crippen molar-refractivity contribution in [2.75, 3.05) is 6.61 Å². The minimum atomic E-state index is -1.45. The maximum Gasteiger partial charge on any atom is 0.165 e. The first-order chi connectivity index (χ1) is 9.54. The van der Waals surface area contributed by atoms with Crippen molar-refractivity contribution in [2.45, 2.75) is 36.9 Å². The van der Waals surface area contributed by atoms with Crippen molar-refractivity contribution in [3.63, 3.8) is 0 Å². The number of aliphatic hydroxyl groups excluding tert-OH is 4. The molecule has 5 atom stereocenters. The minimum absolute atomic E-state index is 0.133. The maximum absolute atomic E-state index is 12.0. The Morgan fingerprint density at radius 2 is 1.60 bits per heavy atom. The van der Waals surface area contributed by atoms with Crippen LogP contribution in [0.25, 0.3) is 0 Å². The van der Waals surface area contributed by atoms with E-state index in [1.165, 1.54) is 0 Å². The van der Waals surface area contributed by atoms with Gasteiger partial charge in [0.25, 0.3) is 0 Å². The first-order valence-electron chi connectivity index (χ1n) is 6.43. The number of Topliss-reactive ketones (excluding diaryl/α,β-unsaturated/α-hetero) is 1. The molecule has 0 aromatic heterocycles. The Morgan fingerprint density at radius 3 is 2.20 bits per heavy atom. The Kier molecular flexibility index (Phi) is 4.85. The van der Waals surface area contributed by atoms with Crippen molar-refractivity contribution >= 4 is 5.78 Å². The molecule has 2 rings (SSSR count). The molecule has 2 unspecified atom stereocenters. The highest BCUT2D eigenvalue weighted by atomic mass is 16.5. The van der Waals surface area contributed by atoms with Crippen LogP contribution in [-0.4, -0.2) is 63.3 Å². The van der Waals surface area contributed by atoms with E-state index >= 15 is 0 Å². The molecule has 0 bridgehead atoms. The van der Waals surface area contributed by atoms with Crippen LogP contribution in [0.1, 0.15) is 16.8 Å². The van der Waals surface area contributed by atoms with E-state index in [1.54, 1.807) is 30.3 Å². The summed E-state index contributed by atoms with van der Waals surface area (Å²) in [6, 6.07) is 8.52. The topological polar surface area (TPSA) is 107 Å². The van der Waals surface area contributed by atoms with Gasteiger partial charge in [-0.15, -0.1) is 0 Å². The number of ketones is 1. The molecule has 110 valence electrons. The van der Waals surface area contributed by atoms with Crippen molar-refractivity contribution < 1.29 is 30.0 Å². The highest BCUT2D eigenvalue weighted by Crippen LogP contribution is 2.24. The lowest BCUT2D eigenvalue weighted by molar-refractivity contribution is -0.227. The van der Waals surface area contributed by atoms with Crippen molar-refractivity contribution in [3.8, 4) is 0 Å². The van der Waals surface area contributed by atoms with Gasteiger partial charge < -0.3 is 25.2 Å². The van der Waals surface area contributed by atoms with E-state index in [0.717, 1.165) is 0 Å². The van der Waals surface area contributed by atoms with E-state index in [9.17, 15) is 20.1 Å². The summed E-state index contributed by atoms with van der Waals surface area (Å²) in [5.74, 6) is -0.241. The summed E-state index contributed by atoms with van der Waals surface area (Å²) >= 11 is 0. The monoisotopic (exact) mass is 282 g/mol. The summed E-state index contributed by atoms with van der Waals surface area (Å²) in [5.41, 5.74) is 0.476. The zero-order valence-electron chi connectivity index (χ0n) is 10.8. The molecule has 0 aliphatic carbocycles. The second-order valence-corrected chi connectivity index (χ2v) is 4.86. The van der Waals surface area contributed by atoms with Gasteiger partial charge in [0.1, 0.15) is 24.4 Å². The molecule has 1 saturated heterocycles. The smallest absolute Gasteiger partial charge is 0.165 e. The van der Waals surface area contributed by atoms with Gasteiger partial charge in [0.05, 0.1) is 12.7 Å². The Labute approximate surface area is 116 Å². The fourth-order valence-corrected chi connectivity index (χ4v) is 2.27. The summed E-state index contributed by atoms with van der Waals surface area (Å²) < 4.78 is 5.29. The zero-order chi connectivity index (χ0) is 14.7. The highest BCUT2D eigenvalue weighted by Gasteiger charge is 2.43. The van der Waals surface area contributed by atoms with E-state index in [2.05, 4.69) is 0 Å². The third-order valence-corrected chi connectivity index (χ3v) is 3.47. The van der Waals surface area contributed by atoms with Gasteiger partial charge in [-0.1, -0.05) is 30.3 Å². The maximum atomic E-state index is 12.0. The summed E-state index contributed by atoms with van der Waals surface area (Å²) in [6.07, 6.45) is -6.31. The molecule has 6 heteroatoms. The van der Waals surface area contributed by atoms with Crippen LogP contribution in [0.3, 0.4) is 0 Å². The molecule has 1 aromatic rings. The molecule has 1 heterocycles. The van der Waals surface area contributed by atoms with Crippen LogP contribution >= 0.6 is 0 Å². The van der Waals surface area contributed by atoms with E-state index < -0.39 is 37.1 Å². The Morgan fingerprint density at radius 1 is 1.00 bits per heavy atom. The summed E-state index contributed by atoms with van der Waals surface area (Å²) in [5, 5.41) is 38.2. The van der Waals surface area contributed by atoms with Crippen molar-refractivity contribution in [1.29, 1.82) is 0 Å². The molecular formula is C14H18O6. The van der Waals surface area contributed by atoms with E-state index in [4.69, 9.17) is 9.84 Å². The Balaban J connectivity index is 2.06. The lowest BCUT2D eigenvalue weighted by atomic mass is 9.91. The van der Waals surface area contributed by atoms with Crippen molar-refractivity contribution in [1.82, 2.24) is 0 Å². The fourth-order valence-electron chi connectivity index (χ4n) is 2.27. The molecule has 20 heavy (non-hydrogen) atoms. The van der Waals surface area contributed by atoms with Gasteiger partial charge in [-0.25, -0.2) is 0 Å². The number of carbonyl (C=O) groups excluding carboxylic acids is 1. The van der Waals surface area contributed by atoms with Gasteiger partial charge in [-0.05, 0) is 0 Å². The van der Waals surface area contributed by atoms with Crippen LogP contribution in [-0.2, 0) is 4.74 Å². The lowest BCUT2D eigenvalue weighted by Crippen LogP contribution is -2.58. The molecule has 1 aliphatic heterocycles. The van der Waals surface area contributed by atoms with Crippen molar-refractivity contribution in [3.05, 3.63) is 35.9 Å². The number of benzene rings is 1. The van der Waals surface area contributed by atoms with Crippen LogP contribution in [0.2, 0.25) is 0 Å². The second kappa shape index (κ2) is 6.43. The average molecular weight is 282 g/mol. The van der Waals surface area contributed by atoms with Gasteiger partial charge in [0.2, 0.25) is 0 Å². The minimum Gasteiger partial charge on any atom is -0.394 e. The largest absolute Gasteiger partial charge is 0.394 e. The van der Waals surface area contributed by atoms with Gasteiger partial charge in [0, 0.05) is 12.0 Å². The van der Waals surface area contributed by atoms with Crippen LogP contribution in [0, 0.1) is 0 Å². The zero-order valence-corrected chi connectivity index (χ0v) is 10.8. The number of aliphatic hydroxyl groups is 4. The third-order valence-electron chi connectivity index (χ3n) is 3.47. The van der Waals surface area contributed by atoms with Crippen molar-refractivity contribution in [2.24, 2.45) is 0 Å². The number of rotatable bonds is 4. The molecular weight excluding hydrogens is 264 g/mol. The average Bonchev–Trinajstić information content (AvgIpc) is 2.48. The van der Waals surface area contributed by atoms with Gasteiger partial charge in [0.15, 0.2) is 5.78 Å². The first-order valence-corrected chi connectivity index (χ1v) is 6.43. The predicted molar refractivity (Wildman–Crippen MR) is 69.2 cm³/mol. The van der Waals surface area contributed by atoms with E-state index in [-0.39, 0.29) is 12.2 Å². The molecule has 1 aromatic carbocycles. The Hall–Kier alpha value is -1.31. The van der Waals surface area contributed by atoms with Gasteiger partial charge in [-0.3, -0.25) is 4.79 Å². The summed E-state index contributed by atoms with van der Waals surface area (Å²) in [4.78, 5) is 12.0. The van der Waals surface area contributed by atoms with Crippen LogP contribution in [0.4, 0.5) is 0 Å². The van der Waals surface area contributed by atoms with Crippen LogP contribution < -0.4 is 0 Å². The number of hydrogen-bond acceptors (Lipinski definition) is 6. The molecule has 0 spiro atoms. The highest BCUT2D eigenvalue weighted by molar-refractivity contribution is 5.96. The van der Waals surface area contributed by atoms with Crippen LogP contribution in [0.5, 0.6) is 0 Å². The van der Waals surface area contributed by atoms with Gasteiger partial charge >= 0.3 is 0 Å². The van der Waals surface area contributed by atoms with Crippen LogP contribution in [0.15, 0.2) is 30.3 Å². The standard InChI is InChI=1S/C14H18O6/c15-7-11-13(18)14(19)12(17)10(20-11)6-9(16)8-4-2-1-3-5-8/h1-5,10-15,17-19H,6-7H2/t10-,11?,12?,13+,14+/m0/s1. The quantitative estimate of drug-likeness (QED) is 0.533.